The first kappa shape index (κ1) is 24.0. The lowest BCUT2D eigenvalue weighted by Crippen LogP contribution is -2.47. The van der Waals surface area contributed by atoms with E-state index in [-0.39, 0.29) is 0 Å². The first-order valence-electron chi connectivity index (χ1n) is 11.4. The van der Waals surface area contributed by atoms with E-state index in [1.165, 1.54) is 114 Å². The molecule has 0 amide bonds. The van der Waals surface area contributed by atoms with E-state index in [1.807, 2.05) is 0 Å². The fraction of sp³-hybridized carbons (Fsp3) is 1.00. The van der Waals surface area contributed by atoms with E-state index in [4.69, 9.17) is 0 Å². The quantitative estimate of drug-likeness (QED) is 0.177. The molecule has 1 unspecified atom stereocenters. The average molecular weight is 341 g/mol. The molecule has 0 fully saturated rings. The number of nitrogens with zero attached hydrogens (tertiary/aromatic N) is 1. The Kier molecular flexibility index (Phi) is 16.4. The third-order valence-electron chi connectivity index (χ3n) is 6.01. The van der Waals surface area contributed by atoms with Crippen molar-refractivity contribution in [2.45, 2.75) is 130 Å². The van der Waals surface area contributed by atoms with E-state index in [0.717, 1.165) is 6.04 Å². The van der Waals surface area contributed by atoms with E-state index in [1.54, 1.807) is 0 Å². The SMILES string of the molecule is CCCCCCCCCCCC(C)[N+](C)(C)CCCCCCCC. The largest absolute Gasteiger partial charge is 0.326 e. The Bertz CT molecular complexity index is 246. The zero-order valence-corrected chi connectivity index (χ0v) is 18.0. The Hall–Kier alpha value is -0.0400. The molecule has 0 radical (unpaired) electrons. The second-order valence-electron chi connectivity index (χ2n) is 8.74. The molecule has 0 N–H and O–H groups in total. The van der Waals surface area contributed by atoms with Crippen LogP contribution in [0.1, 0.15) is 124 Å². The van der Waals surface area contributed by atoms with Crippen LogP contribution >= 0.6 is 0 Å². The van der Waals surface area contributed by atoms with Crippen LogP contribution in [0.3, 0.4) is 0 Å². The van der Waals surface area contributed by atoms with Gasteiger partial charge in [-0.2, -0.15) is 0 Å². The topological polar surface area (TPSA) is 0 Å². The lowest BCUT2D eigenvalue weighted by Gasteiger charge is -2.36. The summed E-state index contributed by atoms with van der Waals surface area (Å²) in [6, 6.07) is 0.824. The molecule has 0 aromatic heterocycles. The van der Waals surface area contributed by atoms with E-state index in [2.05, 4.69) is 34.9 Å². The van der Waals surface area contributed by atoms with Gasteiger partial charge < -0.3 is 4.48 Å². The highest BCUT2D eigenvalue weighted by Crippen LogP contribution is 2.18. The number of hydrogen-bond acceptors (Lipinski definition) is 0. The van der Waals surface area contributed by atoms with Crippen molar-refractivity contribution in [2.24, 2.45) is 0 Å². The van der Waals surface area contributed by atoms with Crippen LogP contribution in [-0.2, 0) is 0 Å². The summed E-state index contributed by atoms with van der Waals surface area (Å²) < 4.78 is 1.23. The Morgan fingerprint density at radius 1 is 0.542 bits per heavy atom. The summed E-state index contributed by atoms with van der Waals surface area (Å²) >= 11 is 0. The van der Waals surface area contributed by atoms with Gasteiger partial charge in [-0.15, -0.1) is 0 Å². The van der Waals surface area contributed by atoms with Crippen molar-refractivity contribution in [3.63, 3.8) is 0 Å². The summed E-state index contributed by atoms with van der Waals surface area (Å²) in [6.45, 7) is 8.44. The van der Waals surface area contributed by atoms with Crippen molar-refractivity contribution in [3.05, 3.63) is 0 Å². The van der Waals surface area contributed by atoms with Crippen molar-refractivity contribution >= 4 is 0 Å². The molecule has 0 rings (SSSR count). The number of unbranched alkanes of at least 4 members (excludes halogenated alkanes) is 13. The van der Waals surface area contributed by atoms with Crippen LogP contribution in [0, 0.1) is 0 Å². The highest BCUT2D eigenvalue weighted by molar-refractivity contribution is 4.55. The van der Waals surface area contributed by atoms with Crippen molar-refractivity contribution in [1.29, 1.82) is 0 Å². The Balaban J connectivity index is 3.53. The minimum Gasteiger partial charge on any atom is -0.326 e. The monoisotopic (exact) mass is 340 g/mol. The molecular weight excluding hydrogens is 290 g/mol. The summed E-state index contributed by atoms with van der Waals surface area (Å²) in [5, 5.41) is 0. The van der Waals surface area contributed by atoms with Gasteiger partial charge in [-0.1, -0.05) is 90.9 Å². The Morgan fingerprint density at radius 3 is 1.38 bits per heavy atom. The molecule has 0 aliphatic rings. The van der Waals surface area contributed by atoms with Crippen molar-refractivity contribution < 1.29 is 4.48 Å². The van der Waals surface area contributed by atoms with Gasteiger partial charge in [0.05, 0.1) is 26.7 Å². The normalized spacial score (nSPS) is 13.4. The molecule has 0 aliphatic heterocycles. The van der Waals surface area contributed by atoms with E-state index in [0.29, 0.717) is 0 Å². The third kappa shape index (κ3) is 14.3. The predicted molar refractivity (Wildman–Crippen MR) is 112 cm³/mol. The summed E-state index contributed by atoms with van der Waals surface area (Å²) in [5.74, 6) is 0. The minimum absolute atomic E-state index is 0.824. The maximum atomic E-state index is 2.47. The van der Waals surface area contributed by atoms with E-state index >= 15 is 0 Å². The van der Waals surface area contributed by atoms with Crippen LogP contribution < -0.4 is 0 Å². The zero-order valence-electron chi connectivity index (χ0n) is 18.0. The summed E-state index contributed by atoms with van der Waals surface area (Å²) in [4.78, 5) is 0. The van der Waals surface area contributed by atoms with Crippen LogP contribution in [-0.4, -0.2) is 31.2 Å². The molecule has 1 nitrogen and oxygen atoms in total. The van der Waals surface area contributed by atoms with Gasteiger partial charge in [0.1, 0.15) is 0 Å². The van der Waals surface area contributed by atoms with Crippen LogP contribution in [0.4, 0.5) is 0 Å². The second-order valence-corrected chi connectivity index (χ2v) is 8.74. The molecular formula is C23H50N+. The molecule has 0 aromatic carbocycles. The van der Waals surface area contributed by atoms with Gasteiger partial charge in [-0.3, -0.25) is 0 Å². The average Bonchev–Trinajstić information content (AvgIpc) is 2.56. The fourth-order valence-corrected chi connectivity index (χ4v) is 3.62. The highest BCUT2D eigenvalue weighted by Gasteiger charge is 2.22. The highest BCUT2D eigenvalue weighted by atomic mass is 15.3. The molecule has 0 spiro atoms. The molecule has 146 valence electrons. The molecule has 0 bridgehead atoms. The van der Waals surface area contributed by atoms with Crippen molar-refractivity contribution in [2.75, 3.05) is 20.6 Å². The van der Waals surface area contributed by atoms with E-state index in [9.17, 15) is 0 Å². The fourth-order valence-electron chi connectivity index (χ4n) is 3.62. The summed E-state index contributed by atoms with van der Waals surface area (Å²) in [7, 11) is 4.90. The molecule has 24 heavy (non-hydrogen) atoms. The molecule has 1 heteroatoms. The smallest absolute Gasteiger partial charge is 0.0857 e. The first-order chi connectivity index (χ1) is 11.5. The van der Waals surface area contributed by atoms with Gasteiger partial charge in [0.25, 0.3) is 0 Å². The molecule has 0 saturated carbocycles. The van der Waals surface area contributed by atoms with Gasteiger partial charge in [0, 0.05) is 0 Å². The number of quaternary nitrogens is 1. The van der Waals surface area contributed by atoms with Gasteiger partial charge in [0.2, 0.25) is 0 Å². The number of rotatable bonds is 18. The summed E-state index contributed by atoms with van der Waals surface area (Å²) in [6.07, 6.45) is 22.9. The van der Waals surface area contributed by atoms with Gasteiger partial charge >= 0.3 is 0 Å². The Morgan fingerprint density at radius 2 is 0.917 bits per heavy atom. The second kappa shape index (κ2) is 16.4. The van der Waals surface area contributed by atoms with Crippen LogP contribution in [0.25, 0.3) is 0 Å². The molecule has 0 heterocycles. The lowest BCUT2D eigenvalue weighted by molar-refractivity contribution is -0.913. The molecule has 1 atom stereocenters. The van der Waals surface area contributed by atoms with Crippen molar-refractivity contribution in [3.8, 4) is 0 Å². The van der Waals surface area contributed by atoms with Crippen molar-refractivity contribution in [1.82, 2.24) is 0 Å². The lowest BCUT2D eigenvalue weighted by atomic mass is 10.0. The third-order valence-corrected chi connectivity index (χ3v) is 6.01. The Labute approximate surface area is 155 Å². The van der Waals surface area contributed by atoms with Gasteiger partial charge in [0.15, 0.2) is 0 Å². The van der Waals surface area contributed by atoms with Gasteiger partial charge in [-0.05, 0) is 32.6 Å². The van der Waals surface area contributed by atoms with Crippen LogP contribution in [0.5, 0.6) is 0 Å². The minimum atomic E-state index is 0.824. The van der Waals surface area contributed by atoms with E-state index < -0.39 is 0 Å². The van der Waals surface area contributed by atoms with Crippen LogP contribution in [0.15, 0.2) is 0 Å². The molecule has 0 saturated heterocycles. The maximum absolute atomic E-state index is 2.47. The first-order valence-corrected chi connectivity index (χ1v) is 11.4. The molecule has 0 aliphatic carbocycles. The van der Waals surface area contributed by atoms with Crippen LogP contribution in [0.2, 0.25) is 0 Å². The maximum Gasteiger partial charge on any atom is 0.0857 e. The summed E-state index contributed by atoms with van der Waals surface area (Å²) in [5.41, 5.74) is 0. The van der Waals surface area contributed by atoms with Gasteiger partial charge in [-0.25, -0.2) is 0 Å². The predicted octanol–water partition coefficient (Wildman–Crippen LogP) is 7.73. The molecule has 0 aromatic rings. The standard InChI is InChI=1S/C23H50N/c1-6-8-10-12-14-15-16-17-19-21-23(3)24(4,5)22-20-18-13-11-9-7-2/h23H,6-22H2,1-5H3/q+1. The zero-order chi connectivity index (χ0) is 18.1. The number of hydrogen-bond donors (Lipinski definition) is 0.